The van der Waals surface area contributed by atoms with E-state index in [1.54, 1.807) is 7.11 Å². The molecule has 0 radical (unpaired) electrons. The summed E-state index contributed by atoms with van der Waals surface area (Å²) in [5.74, 6) is 0. The van der Waals surface area contributed by atoms with E-state index in [1.165, 1.54) is 19.3 Å². The highest BCUT2D eigenvalue weighted by molar-refractivity contribution is 4.84. The highest BCUT2D eigenvalue weighted by Crippen LogP contribution is 2.19. The van der Waals surface area contributed by atoms with Crippen molar-refractivity contribution in [1.82, 2.24) is 10.2 Å². The highest BCUT2D eigenvalue weighted by Gasteiger charge is 2.23. The average Bonchev–Trinajstić information content (AvgIpc) is 3.10. The van der Waals surface area contributed by atoms with Crippen LogP contribution in [0.25, 0.3) is 0 Å². The molecular weight excluding hydrogens is 200 g/mol. The summed E-state index contributed by atoms with van der Waals surface area (Å²) in [7, 11) is 1.78. The van der Waals surface area contributed by atoms with E-state index in [0.29, 0.717) is 12.1 Å². The Balaban J connectivity index is 2.31. The number of ether oxygens (including phenoxy) is 1. The second kappa shape index (κ2) is 7.25. The van der Waals surface area contributed by atoms with Crippen LogP contribution >= 0.6 is 0 Å². The van der Waals surface area contributed by atoms with Crippen LogP contribution in [-0.4, -0.2) is 49.8 Å². The third-order valence-corrected chi connectivity index (χ3v) is 3.56. The summed E-state index contributed by atoms with van der Waals surface area (Å²) in [6.07, 6.45) is 3.94. The van der Waals surface area contributed by atoms with Gasteiger partial charge in [-0.2, -0.15) is 0 Å². The standard InChI is InChI=1S/C13H28N2O/c1-5-11(2)15(8-9-16-4)12(3)10-14-13-6-7-13/h11-14H,5-10H2,1-4H3. The molecule has 0 spiro atoms. The SMILES string of the molecule is CCC(C)N(CCOC)C(C)CNC1CC1. The molecule has 96 valence electrons. The van der Waals surface area contributed by atoms with E-state index in [1.807, 2.05) is 0 Å². The molecule has 3 nitrogen and oxygen atoms in total. The predicted molar refractivity (Wildman–Crippen MR) is 68.8 cm³/mol. The van der Waals surface area contributed by atoms with Gasteiger partial charge in [-0.1, -0.05) is 6.92 Å². The van der Waals surface area contributed by atoms with Crippen molar-refractivity contribution in [3.05, 3.63) is 0 Å². The van der Waals surface area contributed by atoms with Gasteiger partial charge in [0.15, 0.2) is 0 Å². The Hall–Kier alpha value is -0.120. The summed E-state index contributed by atoms with van der Waals surface area (Å²) >= 11 is 0. The molecule has 1 aliphatic rings. The molecular formula is C13H28N2O. The Morgan fingerprint density at radius 3 is 2.50 bits per heavy atom. The van der Waals surface area contributed by atoms with Crippen LogP contribution in [0.4, 0.5) is 0 Å². The van der Waals surface area contributed by atoms with Crippen LogP contribution in [0.15, 0.2) is 0 Å². The minimum absolute atomic E-state index is 0.602. The molecule has 1 aliphatic carbocycles. The van der Waals surface area contributed by atoms with Gasteiger partial charge in [-0.3, -0.25) is 4.90 Å². The summed E-state index contributed by atoms with van der Waals surface area (Å²) in [4.78, 5) is 2.55. The first-order chi connectivity index (χ1) is 7.69. The third-order valence-electron chi connectivity index (χ3n) is 3.56. The lowest BCUT2D eigenvalue weighted by Crippen LogP contribution is -2.46. The summed E-state index contributed by atoms with van der Waals surface area (Å²) in [6.45, 7) is 9.86. The van der Waals surface area contributed by atoms with E-state index < -0.39 is 0 Å². The first-order valence-corrected chi connectivity index (χ1v) is 6.67. The van der Waals surface area contributed by atoms with Gasteiger partial charge in [-0.15, -0.1) is 0 Å². The molecule has 0 heterocycles. The molecule has 2 unspecified atom stereocenters. The molecule has 1 rings (SSSR count). The number of methoxy groups -OCH3 is 1. The van der Waals surface area contributed by atoms with Crippen LogP contribution in [0.3, 0.4) is 0 Å². The smallest absolute Gasteiger partial charge is 0.0589 e. The second-order valence-electron chi connectivity index (χ2n) is 5.02. The number of nitrogens with zero attached hydrogens (tertiary/aromatic N) is 1. The van der Waals surface area contributed by atoms with Crippen molar-refractivity contribution < 1.29 is 4.74 Å². The Morgan fingerprint density at radius 1 is 1.31 bits per heavy atom. The number of hydrogen-bond donors (Lipinski definition) is 1. The maximum atomic E-state index is 5.19. The molecule has 0 aromatic carbocycles. The first kappa shape index (κ1) is 13.9. The number of rotatable bonds is 9. The predicted octanol–water partition coefficient (Wildman–Crippen LogP) is 1.87. The average molecular weight is 228 g/mol. The fourth-order valence-electron chi connectivity index (χ4n) is 2.05. The van der Waals surface area contributed by atoms with Gasteiger partial charge in [0.25, 0.3) is 0 Å². The molecule has 0 aromatic rings. The van der Waals surface area contributed by atoms with Crippen LogP contribution < -0.4 is 5.32 Å². The van der Waals surface area contributed by atoms with Crippen molar-refractivity contribution in [3.63, 3.8) is 0 Å². The summed E-state index contributed by atoms with van der Waals surface area (Å²) < 4.78 is 5.19. The Kier molecular flexibility index (Phi) is 6.32. The van der Waals surface area contributed by atoms with Crippen molar-refractivity contribution in [2.45, 2.75) is 58.2 Å². The Labute approximate surface area is 101 Å². The van der Waals surface area contributed by atoms with Gasteiger partial charge in [0, 0.05) is 38.3 Å². The lowest BCUT2D eigenvalue weighted by molar-refractivity contribution is 0.0934. The normalized spacial score (nSPS) is 20.1. The lowest BCUT2D eigenvalue weighted by Gasteiger charge is -2.34. The van der Waals surface area contributed by atoms with Crippen LogP contribution in [0.1, 0.15) is 40.0 Å². The van der Waals surface area contributed by atoms with Gasteiger partial charge in [0.1, 0.15) is 0 Å². The van der Waals surface area contributed by atoms with Crippen LogP contribution in [0, 0.1) is 0 Å². The number of hydrogen-bond acceptors (Lipinski definition) is 3. The first-order valence-electron chi connectivity index (χ1n) is 6.67. The van der Waals surface area contributed by atoms with E-state index in [-0.39, 0.29) is 0 Å². The molecule has 0 bridgehead atoms. The lowest BCUT2D eigenvalue weighted by atomic mass is 10.1. The van der Waals surface area contributed by atoms with Crippen molar-refractivity contribution in [2.75, 3.05) is 26.8 Å². The summed E-state index contributed by atoms with van der Waals surface area (Å²) in [5, 5.41) is 3.61. The van der Waals surface area contributed by atoms with Crippen LogP contribution in [-0.2, 0) is 4.74 Å². The largest absolute Gasteiger partial charge is 0.383 e. The number of nitrogens with one attached hydrogen (secondary N) is 1. The van der Waals surface area contributed by atoms with Crippen molar-refractivity contribution in [1.29, 1.82) is 0 Å². The fraction of sp³-hybridized carbons (Fsp3) is 1.00. The molecule has 2 atom stereocenters. The van der Waals surface area contributed by atoms with E-state index in [0.717, 1.165) is 25.7 Å². The van der Waals surface area contributed by atoms with Gasteiger partial charge in [0.05, 0.1) is 6.61 Å². The van der Waals surface area contributed by atoms with Crippen LogP contribution in [0.5, 0.6) is 0 Å². The molecule has 0 amide bonds. The van der Waals surface area contributed by atoms with Gasteiger partial charge in [0.2, 0.25) is 0 Å². The maximum absolute atomic E-state index is 5.19. The van der Waals surface area contributed by atoms with Crippen molar-refractivity contribution >= 4 is 0 Å². The molecule has 3 heteroatoms. The van der Waals surface area contributed by atoms with Crippen molar-refractivity contribution in [2.24, 2.45) is 0 Å². The topological polar surface area (TPSA) is 24.5 Å². The quantitative estimate of drug-likeness (QED) is 0.652. The third kappa shape index (κ3) is 4.81. The highest BCUT2D eigenvalue weighted by atomic mass is 16.5. The zero-order valence-electron chi connectivity index (χ0n) is 11.3. The van der Waals surface area contributed by atoms with E-state index >= 15 is 0 Å². The Morgan fingerprint density at radius 2 is 2.00 bits per heavy atom. The van der Waals surface area contributed by atoms with E-state index in [4.69, 9.17) is 4.74 Å². The summed E-state index contributed by atoms with van der Waals surface area (Å²) in [6, 6.07) is 2.06. The fourth-order valence-corrected chi connectivity index (χ4v) is 2.05. The minimum atomic E-state index is 0.602. The van der Waals surface area contributed by atoms with Gasteiger partial charge < -0.3 is 10.1 Å². The second-order valence-corrected chi connectivity index (χ2v) is 5.02. The van der Waals surface area contributed by atoms with Gasteiger partial charge in [-0.05, 0) is 33.1 Å². The van der Waals surface area contributed by atoms with E-state index in [9.17, 15) is 0 Å². The molecule has 1 saturated carbocycles. The van der Waals surface area contributed by atoms with Crippen molar-refractivity contribution in [3.8, 4) is 0 Å². The molecule has 0 aliphatic heterocycles. The molecule has 16 heavy (non-hydrogen) atoms. The zero-order valence-corrected chi connectivity index (χ0v) is 11.3. The molecule has 0 aromatic heterocycles. The van der Waals surface area contributed by atoms with Crippen LogP contribution in [0.2, 0.25) is 0 Å². The molecule has 0 saturated heterocycles. The zero-order chi connectivity index (χ0) is 12.0. The minimum Gasteiger partial charge on any atom is -0.383 e. The molecule has 1 fully saturated rings. The van der Waals surface area contributed by atoms with Gasteiger partial charge in [-0.25, -0.2) is 0 Å². The van der Waals surface area contributed by atoms with Gasteiger partial charge >= 0.3 is 0 Å². The molecule has 1 N–H and O–H groups in total. The summed E-state index contributed by atoms with van der Waals surface area (Å²) in [5.41, 5.74) is 0. The Bertz CT molecular complexity index is 183. The maximum Gasteiger partial charge on any atom is 0.0589 e. The monoisotopic (exact) mass is 228 g/mol. The van der Waals surface area contributed by atoms with E-state index in [2.05, 4.69) is 31.0 Å².